The molecule has 0 amide bonds. The first-order valence-corrected chi connectivity index (χ1v) is 7.34. The number of fused-ring (bicyclic) bond motifs is 3. The fourth-order valence-electron chi connectivity index (χ4n) is 3.15. The Balaban J connectivity index is 0.00000161. The minimum absolute atomic E-state index is 0. The molecule has 4 nitrogen and oxygen atoms in total. The van der Waals surface area contributed by atoms with Gasteiger partial charge in [0.15, 0.2) is 0 Å². The number of amidine groups is 1. The summed E-state index contributed by atoms with van der Waals surface area (Å²) in [6.45, 7) is 3.78. The number of benzene rings is 1. The minimum Gasteiger partial charge on any atom is -0.382 e. The number of aliphatic hydroxyl groups is 1. The lowest BCUT2D eigenvalue weighted by molar-refractivity contribution is 0.0597. The molecule has 0 spiro atoms. The first kappa shape index (κ1) is 16.3. The first-order valence-electron chi connectivity index (χ1n) is 7.34. The number of rotatable bonds is 4. The maximum Gasteiger partial charge on any atom is 0.149 e. The summed E-state index contributed by atoms with van der Waals surface area (Å²) in [5.41, 5.74) is 1.14. The summed E-state index contributed by atoms with van der Waals surface area (Å²) < 4.78 is 5.31. The largest absolute Gasteiger partial charge is 0.382 e. The molecule has 0 aromatic heterocycles. The van der Waals surface area contributed by atoms with Gasteiger partial charge in [-0.25, -0.2) is 0 Å². The third-order valence-electron chi connectivity index (χ3n) is 4.38. The van der Waals surface area contributed by atoms with Crippen molar-refractivity contribution in [2.24, 2.45) is 4.99 Å². The summed E-state index contributed by atoms with van der Waals surface area (Å²) in [6, 6.07) is 8.11. The third-order valence-corrected chi connectivity index (χ3v) is 4.38. The molecule has 0 saturated heterocycles. The van der Waals surface area contributed by atoms with E-state index < -0.39 is 5.60 Å². The van der Waals surface area contributed by atoms with Crippen LogP contribution < -0.4 is 4.90 Å². The van der Waals surface area contributed by atoms with Gasteiger partial charge in [0.1, 0.15) is 11.4 Å². The van der Waals surface area contributed by atoms with E-state index in [9.17, 15) is 5.11 Å². The van der Waals surface area contributed by atoms with Gasteiger partial charge in [-0.2, -0.15) is 0 Å². The topological polar surface area (TPSA) is 45.1 Å². The van der Waals surface area contributed by atoms with E-state index >= 15 is 0 Å². The molecule has 1 aromatic carbocycles. The number of anilines is 1. The lowest BCUT2D eigenvalue weighted by atomic mass is 9.89. The van der Waals surface area contributed by atoms with Crippen LogP contribution in [0.25, 0.3) is 0 Å². The third kappa shape index (κ3) is 2.68. The number of hydrogen-bond donors (Lipinski definition) is 1. The van der Waals surface area contributed by atoms with Crippen molar-refractivity contribution in [1.82, 2.24) is 0 Å². The van der Waals surface area contributed by atoms with Gasteiger partial charge >= 0.3 is 0 Å². The quantitative estimate of drug-likeness (QED) is 0.930. The molecule has 0 aliphatic carbocycles. The summed E-state index contributed by atoms with van der Waals surface area (Å²) in [4.78, 5) is 6.79. The molecule has 2 atom stereocenters. The Labute approximate surface area is 132 Å². The summed E-state index contributed by atoms with van der Waals surface area (Å²) in [7, 11) is 1.71. The van der Waals surface area contributed by atoms with Gasteiger partial charge < -0.3 is 14.7 Å². The SMILES string of the molecule is COC(C)CCC1(O)C2=NCCCN2c2ccccc21.Cl. The lowest BCUT2D eigenvalue weighted by Gasteiger charge is -2.30. The van der Waals surface area contributed by atoms with E-state index in [-0.39, 0.29) is 18.5 Å². The van der Waals surface area contributed by atoms with Crippen molar-refractivity contribution < 1.29 is 9.84 Å². The highest BCUT2D eigenvalue weighted by molar-refractivity contribution is 6.10. The molecule has 0 bridgehead atoms. The highest BCUT2D eigenvalue weighted by Gasteiger charge is 2.47. The second-order valence-corrected chi connectivity index (χ2v) is 5.67. The van der Waals surface area contributed by atoms with Gasteiger partial charge in [-0.15, -0.1) is 12.4 Å². The molecule has 0 saturated carbocycles. The Hall–Kier alpha value is -1.10. The second kappa shape index (κ2) is 6.34. The van der Waals surface area contributed by atoms with E-state index in [0.29, 0.717) is 6.42 Å². The normalized spacial score (nSPS) is 24.7. The van der Waals surface area contributed by atoms with Crippen LogP contribution in [-0.2, 0) is 10.3 Å². The maximum absolute atomic E-state index is 11.3. The van der Waals surface area contributed by atoms with Crippen molar-refractivity contribution in [3.05, 3.63) is 29.8 Å². The van der Waals surface area contributed by atoms with Gasteiger partial charge in [-0.3, -0.25) is 4.99 Å². The molecule has 2 aliphatic heterocycles. The van der Waals surface area contributed by atoms with Gasteiger partial charge in [0.2, 0.25) is 0 Å². The average molecular weight is 311 g/mol. The number of hydrogen-bond acceptors (Lipinski definition) is 4. The van der Waals surface area contributed by atoms with E-state index in [1.807, 2.05) is 25.1 Å². The van der Waals surface area contributed by atoms with Crippen molar-refractivity contribution >= 4 is 23.9 Å². The number of aliphatic imine (C=N–C) groups is 1. The zero-order valence-corrected chi connectivity index (χ0v) is 13.4. The highest BCUT2D eigenvalue weighted by atomic mass is 35.5. The predicted molar refractivity (Wildman–Crippen MR) is 87.6 cm³/mol. The van der Waals surface area contributed by atoms with Gasteiger partial charge in [-0.1, -0.05) is 18.2 Å². The molecule has 1 aromatic rings. The number of halogens is 1. The van der Waals surface area contributed by atoms with Gasteiger partial charge in [-0.05, 0) is 32.3 Å². The molecule has 0 fully saturated rings. The summed E-state index contributed by atoms with van der Waals surface area (Å²) >= 11 is 0. The van der Waals surface area contributed by atoms with Crippen molar-refractivity contribution in [3.63, 3.8) is 0 Å². The van der Waals surface area contributed by atoms with Gasteiger partial charge in [0.25, 0.3) is 0 Å². The molecule has 0 radical (unpaired) electrons. The Bertz CT molecular complexity index is 535. The molecule has 21 heavy (non-hydrogen) atoms. The van der Waals surface area contributed by atoms with Gasteiger partial charge in [0, 0.05) is 31.5 Å². The predicted octanol–water partition coefficient (Wildman–Crippen LogP) is 2.73. The fraction of sp³-hybridized carbons (Fsp3) is 0.562. The van der Waals surface area contributed by atoms with Crippen LogP contribution >= 0.6 is 12.4 Å². The number of para-hydroxylation sites is 1. The number of methoxy groups -OCH3 is 1. The molecular formula is C16H23ClN2O2. The smallest absolute Gasteiger partial charge is 0.149 e. The van der Waals surface area contributed by atoms with Crippen LogP contribution in [0.2, 0.25) is 0 Å². The summed E-state index contributed by atoms with van der Waals surface area (Å²) in [5, 5.41) is 11.3. The monoisotopic (exact) mass is 310 g/mol. The maximum atomic E-state index is 11.3. The van der Waals surface area contributed by atoms with Crippen LogP contribution in [0.1, 0.15) is 31.7 Å². The molecule has 2 heterocycles. The van der Waals surface area contributed by atoms with E-state index in [0.717, 1.165) is 43.0 Å². The molecule has 1 N–H and O–H groups in total. The zero-order valence-electron chi connectivity index (χ0n) is 12.6. The standard InChI is InChI=1S/C16H22N2O2.ClH/c1-12(20-2)8-9-16(19)13-6-3-4-7-14(13)18-11-5-10-17-15(16)18;/h3-4,6-7,12,19H,5,8-11H2,1-2H3;1H. The Morgan fingerprint density at radius 1 is 1.43 bits per heavy atom. The lowest BCUT2D eigenvalue weighted by Crippen LogP contribution is -2.43. The van der Waals surface area contributed by atoms with E-state index in [1.165, 1.54) is 0 Å². The zero-order chi connectivity index (χ0) is 14.2. The van der Waals surface area contributed by atoms with Gasteiger partial charge in [0.05, 0.1) is 6.10 Å². The molecule has 116 valence electrons. The van der Waals surface area contributed by atoms with Crippen LogP contribution in [0.15, 0.2) is 29.3 Å². The summed E-state index contributed by atoms with van der Waals surface area (Å²) in [6.07, 6.45) is 2.65. The Morgan fingerprint density at radius 3 is 2.95 bits per heavy atom. The van der Waals surface area contributed by atoms with E-state index in [4.69, 9.17) is 4.74 Å². The molecule has 5 heteroatoms. The van der Waals surface area contributed by atoms with E-state index in [2.05, 4.69) is 16.0 Å². The molecule has 3 rings (SSSR count). The van der Waals surface area contributed by atoms with Crippen molar-refractivity contribution in [2.75, 3.05) is 25.1 Å². The molecule has 2 unspecified atom stereocenters. The van der Waals surface area contributed by atoms with Crippen LogP contribution in [0.3, 0.4) is 0 Å². The average Bonchev–Trinajstić information content (AvgIpc) is 2.76. The van der Waals surface area contributed by atoms with Crippen molar-refractivity contribution in [1.29, 1.82) is 0 Å². The van der Waals surface area contributed by atoms with Crippen LogP contribution in [-0.4, -0.2) is 37.2 Å². The van der Waals surface area contributed by atoms with Crippen LogP contribution in [0, 0.1) is 0 Å². The number of nitrogens with zero attached hydrogens (tertiary/aromatic N) is 2. The van der Waals surface area contributed by atoms with Crippen LogP contribution in [0.4, 0.5) is 5.69 Å². The fourth-order valence-corrected chi connectivity index (χ4v) is 3.15. The number of ether oxygens (including phenoxy) is 1. The van der Waals surface area contributed by atoms with Crippen molar-refractivity contribution in [3.8, 4) is 0 Å². The second-order valence-electron chi connectivity index (χ2n) is 5.67. The Kier molecular flexibility index (Phi) is 4.91. The highest BCUT2D eigenvalue weighted by Crippen LogP contribution is 2.44. The van der Waals surface area contributed by atoms with Crippen molar-refractivity contribution in [2.45, 2.75) is 37.9 Å². The molecule has 2 aliphatic rings. The first-order chi connectivity index (χ1) is 9.66. The summed E-state index contributed by atoms with van der Waals surface area (Å²) in [5.74, 6) is 0.827. The van der Waals surface area contributed by atoms with E-state index in [1.54, 1.807) is 7.11 Å². The minimum atomic E-state index is -0.955. The van der Waals surface area contributed by atoms with Crippen LogP contribution in [0.5, 0.6) is 0 Å². The molecular weight excluding hydrogens is 288 g/mol. The Morgan fingerprint density at radius 2 is 2.19 bits per heavy atom.